The summed E-state index contributed by atoms with van der Waals surface area (Å²) < 4.78 is 13.1. The van der Waals surface area contributed by atoms with E-state index in [9.17, 15) is 14.0 Å². The van der Waals surface area contributed by atoms with Gasteiger partial charge >= 0.3 is 0 Å². The smallest absolute Gasteiger partial charge is 0.251 e. The highest BCUT2D eigenvalue weighted by molar-refractivity contribution is 6.01. The first-order valence-corrected chi connectivity index (χ1v) is 10.2. The number of anilines is 2. The normalized spacial score (nSPS) is 15.1. The number of benzene rings is 2. The van der Waals surface area contributed by atoms with Crippen LogP contribution in [0.1, 0.15) is 43.5 Å². The van der Waals surface area contributed by atoms with Crippen molar-refractivity contribution in [1.29, 1.82) is 0 Å². The van der Waals surface area contributed by atoms with Crippen LogP contribution in [0.15, 0.2) is 48.5 Å². The van der Waals surface area contributed by atoms with Crippen molar-refractivity contribution in [3.8, 4) is 0 Å². The van der Waals surface area contributed by atoms with E-state index in [1.807, 2.05) is 38.1 Å². The van der Waals surface area contributed by atoms with Crippen molar-refractivity contribution in [1.82, 2.24) is 5.32 Å². The largest absolute Gasteiger partial charge is 0.372 e. The molecule has 2 aromatic rings. The van der Waals surface area contributed by atoms with Crippen LogP contribution in [-0.2, 0) is 4.79 Å². The fraction of sp³-hybridized carbons (Fsp3) is 0.391. The zero-order valence-electron chi connectivity index (χ0n) is 17.0. The Hall–Kier alpha value is -2.89. The van der Waals surface area contributed by atoms with Crippen LogP contribution in [0.5, 0.6) is 0 Å². The van der Waals surface area contributed by atoms with Crippen molar-refractivity contribution in [3.63, 3.8) is 0 Å². The maximum Gasteiger partial charge on any atom is 0.251 e. The molecule has 0 aliphatic carbocycles. The minimum atomic E-state index is -0.700. The molecular formula is C23H28FN3O2. The minimum absolute atomic E-state index is 0.105. The zero-order valence-corrected chi connectivity index (χ0v) is 17.0. The maximum atomic E-state index is 13.1. The van der Waals surface area contributed by atoms with Crippen molar-refractivity contribution in [3.05, 3.63) is 59.9 Å². The van der Waals surface area contributed by atoms with Crippen molar-refractivity contribution in [2.75, 3.05) is 23.3 Å². The van der Waals surface area contributed by atoms with Gasteiger partial charge in [0.25, 0.3) is 5.91 Å². The van der Waals surface area contributed by atoms with Crippen LogP contribution in [0, 0.1) is 11.7 Å². The number of carbonyl (C=O) groups is 2. The molecule has 0 bridgehead atoms. The van der Waals surface area contributed by atoms with Crippen molar-refractivity contribution >= 4 is 23.2 Å². The molecule has 6 heteroatoms. The van der Waals surface area contributed by atoms with Gasteiger partial charge in [0.2, 0.25) is 5.91 Å². The van der Waals surface area contributed by atoms with Crippen LogP contribution in [0.2, 0.25) is 0 Å². The molecule has 1 heterocycles. The fourth-order valence-electron chi connectivity index (χ4n) is 3.49. The molecule has 0 radical (unpaired) electrons. The molecule has 2 N–H and O–H groups in total. The predicted molar refractivity (Wildman–Crippen MR) is 114 cm³/mol. The van der Waals surface area contributed by atoms with E-state index in [1.165, 1.54) is 43.5 Å². The van der Waals surface area contributed by atoms with Gasteiger partial charge in [-0.3, -0.25) is 9.59 Å². The Bertz CT molecular complexity index is 828. The number of halogens is 1. The first-order valence-electron chi connectivity index (χ1n) is 10.2. The van der Waals surface area contributed by atoms with Crippen LogP contribution in [0.4, 0.5) is 15.8 Å². The van der Waals surface area contributed by atoms with Gasteiger partial charge in [-0.1, -0.05) is 13.8 Å². The molecule has 0 unspecified atom stereocenters. The molecule has 2 amide bonds. The monoisotopic (exact) mass is 397 g/mol. The molecule has 2 aromatic carbocycles. The van der Waals surface area contributed by atoms with Crippen LogP contribution in [0.3, 0.4) is 0 Å². The highest BCUT2D eigenvalue weighted by Crippen LogP contribution is 2.22. The molecule has 0 aromatic heterocycles. The van der Waals surface area contributed by atoms with Gasteiger partial charge in [0.1, 0.15) is 11.9 Å². The van der Waals surface area contributed by atoms with E-state index in [1.54, 1.807) is 0 Å². The molecular weight excluding hydrogens is 369 g/mol. The zero-order chi connectivity index (χ0) is 20.8. The van der Waals surface area contributed by atoms with Crippen molar-refractivity contribution in [2.45, 2.75) is 39.2 Å². The molecule has 3 rings (SSSR count). The van der Waals surface area contributed by atoms with E-state index in [4.69, 9.17) is 0 Å². The summed E-state index contributed by atoms with van der Waals surface area (Å²) in [6.07, 6.45) is 3.70. The molecule has 1 fully saturated rings. The highest BCUT2D eigenvalue weighted by Gasteiger charge is 2.25. The van der Waals surface area contributed by atoms with E-state index in [0.29, 0.717) is 11.3 Å². The molecule has 154 valence electrons. The second-order valence-electron chi connectivity index (χ2n) is 7.79. The average molecular weight is 397 g/mol. The van der Waals surface area contributed by atoms with Crippen molar-refractivity contribution in [2.24, 2.45) is 5.92 Å². The SMILES string of the molecule is CC(C)[C@H](NC(=O)c1ccc(F)cc1)C(=O)Nc1ccc(N2CCCCC2)cc1. The molecule has 0 saturated carbocycles. The average Bonchev–Trinajstić information content (AvgIpc) is 2.73. The van der Waals surface area contributed by atoms with E-state index >= 15 is 0 Å². The molecule has 29 heavy (non-hydrogen) atoms. The third-order valence-corrected chi connectivity index (χ3v) is 5.20. The molecule has 1 aliphatic heterocycles. The number of amides is 2. The Kier molecular flexibility index (Phi) is 6.86. The summed E-state index contributed by atoms with van der Waals surface area (Å²) in [5.41, 5.74) is 2.17. The van der Waals surface area contributed by atoms with Gasteiger partial charge in [0.05, 0.1) is 0 Å². The lowest BCUT2D eigenvalue weighted by Gasteiger charge is -2.29. The van der Waals surface area contributed by atoms with E-state index in [0.717, 1.165) is 18.8 Å². The van der Waals surface area contributed by atoms with Crippen molar-refractivity contribution < 1.29 is 14.0 Å². The lowest BCUT2D eigenvalue weighted by atomic mass is 10.0. The molecule has 1 aliphatic rings. The predicted octanol–water partition coefficient (Wildman–Crippen LogP) is 4.21. The van der Waals surface area contributed by atoms with Gasteiger partial charge in [-0.05, 0) is 73.7 Å². The van der Waals surface area contributed by atoms with Gasteiger partial charge in [0.15, 0.2) is 0 Å². The summed E-state index contributed by atoms with van der Waals surface area (Å²) in [5, 5.41) is 5.64. The van der Waals surface area contributed by atoms with Crippen LogP contribution < -0.4 is 15.5 Å². The Morgan fingerprint density at radius 3 is 2.14 bits per heavy atom. The molecule has 5 nitrogen and oxygen atoms in total. The summed E-state index contributed by atoms with van der Waals surface area (Å²) in [5.74, 6) is -1.19. The van der Waals surface area contributed by atoms with E-state index in [-0.39, 0.29) is 11.8 Å². The van der Waals surface area contributed by atoms with Gasteiger partial charge < -0.3 is 15.5 Å². The number of hydrogen-bond donors (Lipinski definition) is 2. The summed E-state index contributed by atoms with van der Waals surface area (Å²) in [4.78, 5) is 27.5. The quantitative estimate of drug-likeness (QED) is 0.768. The summed E-state index contributed by atoms with van der Waals surface area (Å²) >= 11 is 0. The summed E-state index contributed by atoms with van der Waals surface area (Å²) in [7, 11) is 0. The maximum absolute atomic E-state index is 13.1. The lowest BCUT2D eigenvalue weighted by molar-refractivity contribution is -0.118. The van der Waals surface area contributed by atoms with Crippen LogP contribution in [-0.4, -0.2) is 30.9 Å². The Balaban J connectivity index is 1.63. The number of piperidine rings is 1. The Morgan fingerprint density at radius 1 is 0.931 bits per heavy atom. The topological polar surface area (TPSA) is 61.4 Å². The fourth-order valence-corrected chi connectivity index (χ4v) is 3.49. The standard InChI is InChI=1S/C23H28FN3O2/c1-16(2)21(26-22(28)17-6-8-18(24)9-7-17)23(29)25-19-10-12-20(13-11-19)27-14-4-3-5-15-27/h6-13,16,21H,3-5,14-15H2,1-2H3,(H,25,29)(H,26,28)/t21-/m0/s1. The number of hydrogen-bond acceptors (Lipinski definition) is 3. The van der Waals surface area contributed by atoms with Gasteiger partial charge in [-0.15, -0.1) is 0 Å². The minimum Gasteiger partial charge on any atom is -0.372 e. The van der Waals surface area contributed by atoms with E-state index in [2.05, 4.69) is 15.5 Å². The Labute approximate surface area is 171 Å². The number of nitrogens with one attached hydrogen (secondary N) is 2. The third kappa shape index (κ3) is 5.56. The second-order valence-corrected chi connectivity index (χ2v) is 7.79. The highest BCUT2D eigenvalue weighted by atomic mass is 19.1. The number of nitrogens with zero attached hydrogens (tertiary/aromatic N) is 1. The second kappa shape index (κ2) is 9.54. The Morgan fingerprint density at radius 2 is 1.55 bits per heavy atom. The van der Waals surface area contributed by atoms with Gasteiger partial charge in [-0.25, -0.2) is 4.39 Å². The molecule has 1 atom stereocenters. The van der Waals surface area contributed by atoms with E-state index < -0.39 is 17.8 Å². The number of carbonyl (C=O) groups excluding carboxylic acids is 2. The van der Waals surface area contributed by atoms with Crippen LogP contribution in [0.25, 0.3) is 0 Å². The number of rotatable bonds is 6. The first-order chi connectivity index (χ1) is 13.9. The third-order valence-electron chi connectivity index (χ3n) is 5.20. The summed E-state index contributed by atoms with van der Waals surface area (Å²) in [6.45, 7) is 5.87. The van der Waals surface area contributed by atoms with Gasteiger partial charge in [0, 0.05) is 30.0 Å². The lowest BCUT2D eigenvalue weighted by Crippen LogP contribution is -2.47. The van der Waals surface area contributed by atoms with Gasteiger partial charge in [-0.2, -0.15) is 0 Å². The first kappa shape index (κ1) is 20.8. The molecule has 0 spiro atoms. The summed E-state index contributed by atoms with van der Waals surface area (Å²) in [6, 6.07) is 12.4. The van der Waals surface area contributed by atoms with Crippen LogP contribution >= 0.6 is 0 Å². The molecule has 1 saturated heterocycles.